The number of aliphatic carboxylic acids is 1. The molecule has 1 unspecified atom stereocenters. The van der Waals surface area contributed by atoms with Crippen LogP contribution in [0.25, 0.3) is 0 Å². The van der Waals surface area contributed by atoms with Crippen LogP contribution in [-0.2, 0) is 11.2 Å². The topological polar surface area (TPSA) is 50.2 Å². The molecule has 0 saturated heterocycles. The fourth-order valence-corrected chi connectivity index (χ4v) is 2.11. The summed E-state index contributed by atoms with van der Waals surface area (Å²) in [6, 6.07) is 7.34. The fourth-order valence-electron chi connectivity index (χ4n) is 1.86. The average Bonchev–Trinajstić information content (AvgIpc) is 2.39. The van der Waals surface area contributed by atoms with Gasteiger partial charge in [-0.1, -0.05) is 23.7 Å². The van der Waals surface area contributed by atoms with Crippen LogP contribution in [0.2, 0.25) is 5.02 Å². The van der Waals surface area contributed by atoms with Crippen molar-refractivity contribution in [3.8, 4) is 0 Å². The molecular formula is C14H11ClFNO2. The summed E-state index contributed by atoms with van der Waals surface area (Å²) >= 11 is 5.97. The Hall–Kier alpha value is -1.94. The SMILES string of the molecule is O=C(O)C(Cc1ccc(F)cc1)c1ccncc1Cl. The molecule has 1 atom stereocenters. The lowest BCUT2D eigenvalue weighted by molar-refractivity contribution is -0.138. The molecule has 98 valence electrons. The summed E-state index contributed by atoms with van der Waals surface area (Å²) in [5.41, 5.74) is 1.25. The van der Waals surface area contributed by atoms with Crippen LogP contribution in [0, 0.1) is 5.82 Å². The Morgan fingerprint density at radius 3 is 2.58 bits per heavy atom. The summed E-state index contributed by atoms with van der Waals surface area (Å²) in [6.07, 6.45) is 3.17. The summed E-state index contributed by atoms with van der Waals surface area (Å²) in [5, 5.41) is 9.63. The lowest BCUT2D eigenvalue weighted by Gasteiger charge is -2.14. The molecule has 0 bridgehead atoms. The minimum Gasteiger partial charge on any atom is -0.481 e. The molecule has 0 saturated carbocycles. The van der Waals surface area contributed by atoms with Gasteiger partial charge in [-0.2, -0.15) is 0 Å². The Labute approximate surface area is 114 Å². The van der Waals surface area contributed by atoms with E-state index in [1.54, 1.807) is 18.2 Å². The maximum atomic E-state index is 12.8. The Bertz CT molecular complexity index is 586. The highest BCUT2D eigenvalue weighted by Gasteiger charge is 2.22. The minimum atomic E-state index is -0.975. The van der Waals surface area contributed by atoms with E-state index in [2.05, 4.69) is 4.98 Å². The normalized spacial score (nSPS) is 12.1. The highest BCUT2D eigenvalue weighted by Crippen LogP contribution is 2.27. The van der Waals surface area contributed by atoms with Crippen LogP contribution in [0.1, 0.15) is 17.0 Å². The smallest absolute Gasteiger partial charge is 0.311 e. The van der Waals surface area contributed by atoms with Gasteiger partial charge in [-0.15, -0.1) is 0 Å². The highest BCUT2D eigenvalue weighted by atomic mass is 35.5. The maximum Gasteiger partial charge on any atom is 0.311 e. The average molecular weight is 280 g/mol. The van der Waals surface area contributed by atoms with E-state index in [1.807, 2.05) is 0 Å². The first kappa shape index (κ1) is 13.5. The summed E-state index contributed by atoms with van der Waals surface area (Å²) in [7, 11) is 0. The van der Waals surface area contributed by atoms with Gasteiger partial charge in [-0.05, 0) is 35.7 Å². The molecule has 3 nitrogen and oxygen atoms in total. The molecule has 1 heterocycles. The first-order valence-electron chi connectivity index (χ1n) is 5.64. The number of hydrogen-bond donors (Lipinski definition) is 1. The molecule has 1 aromatic heterocycles. The van der Waals surface area contributed by atoms with E-state index in [1.165, 1.54) is 24.5 Å². The second-order valence-electron chi connectivity index (χ2n) is 4.12. The molecule has 1 N–H and O–H groups in total. The first-order valence-corrected chi connectivity index (χ1v) is 6.02. The third-order valence-electron chi connectivity index (χ3n) is 2.83. The summed E-state index contributed by atoms with van der Waals surface area (Å²) in [6.45, 7) is 0. The molecule has 0 aliphatic carbocycles. The van der Waals surface area contributed by atoms with Crippen LogP contribution in [0.5, 0.6) is 0 Å². The molecule has 0 aliphatic heterocycles. The number of carboxylic acids is 1. The van der Waals surface area contributed by atoms with Crippen molar-refractivity contribution in [2.45, 2.75) is 12.3 Å². The van der Waals surface area contributed by atoms with E-state index in [0.29, 0.717) is 10.6 Å². The van der Waals surface area contributed by atoms with E-state index < -0.39 is 11.9 Å². The number of rotatable bonds is 4. The van der Waals surface area contributed by atoms with Gasteiger partial charge in [-0.3, -0.25) is 9.78 Å². The fraction of sp³-hybridized carbons (Fsp3) is 0.143. The number of benzene rings is 1. The predicted octanol–water partition coefficient (Wildman–Crippen LogP) is 3.29. The quantitative estimate of drug-likeness (QED) is 0.934. The molecule has 2 aromatic rings. The van der Waals surface area contributed by atoms with E-state index in [9.17, 15) is 14.3 Å². The zero-order valence-corrected chi connectivity index (χ0v) is 10.6. The Balaban J connectivity index is 2.29. The largest absolute Gasteiger partial charge is 0.481 e. The summed E-state index contributed by atoms with van der Waals surface area (Å²) < 4.78 is 12.8. The molecule has 19 heavy (non-hydrogen) atoms. The van der Waals surface area contributed by atoms with Gasteiger partial charge in [0.05, 0.1) is 10.9 Å². The molecule has 0 radical (unpaired) electrons. The van der Waals surface area contributed by atoms with Crippen LogP contribution in [0.4, 0.5) is 4.39 Å². The van der Waals surface area contributed by atoms with E-state index in [-0.39, 0.29) is 12.2 Å². The van der Waals surface area contributed by atoms with Crippen molar-refractivity contribution in [1.29, 1.82) is 0 Å². The highest BCUT2D eigenvalue weighted by molar-refractivity contribution is 6.31. The zero-order valence-electron chi connectivity index (χ0n) is 9.88. The van der Waals surface area contributed by atoms with E-state index >= 15 is 0 Å². The Morgan fingerprint density at radius 2 is 2.00 bits per heavy atom. The van der Waals surface area contributed by atoms with E-state index in [4.69, 9.17) is 11.6 Å². The van der Waals surface area contributed by atoms with Crippen molar-refractivity contribution in [1.82, 2.24) is 4.98 Å². The van der Waals surface area contributed by atoms with Gasteiger partial charge in [0.25, 0.3) is 0 Å². The molecule has 5 heteroatoms. The van der Waals surface area contributed by atoms with Crippen molar-refractivity contribution in [3.05, 3.63) is 64.7 Å². The van der Waals surface area contributed by atoms with Crippen LogP contribution in [0.15, 0.2) is 42.7 Å². The second-order valence-corrected chi connectivity index (χ2v) is 4.53. The van der Waals surface area contributed by atoms with Crippen LogP contribution in [0.3, 0.4) is 0 Å². The van der Waals surface area contributed by atoms with Crippen molar-refractivity contribution < 1.29 is 14.3 Å². The zero-order chi connectivity index (χ0) is 13.8. The molecule has 2 rings (SSSR count). The summed E-state index contributed by atoms with van der Waals surface area (Å²) in [4.78, 5) is 15.2. The number of pyridine rings is 1. The number of carboxylic acid groups (broad SMARTS) is 1. The monoisotopic (exact) mass is 279 g/mol. The van der Waals surface area contributed by atoms with Crippen LogP contribution in [-0.4, -0.2) is 16.1 Å². The van der Waals surface area contributed by atoms with Gasteiger partial charge in [0, 0.05) is 12.4 Å². The van der Waals surface area contributed by atoms with Gasteiger partial charge in [0.2, 0.25) is 0 Å². The third kappa shape index (κ3) is 3.29. The number of hydrogen-bond acceptors (Lipinski definition) is 2. The van der Waals surface area contributed by atoms with Crippen molar-refractivity contribution in [2.75, 3.05) is 0 Å². The van der Waals surface area contributed by atoms with Gasteiger partial charge >= 0.3 is 5.97 Å². The minimum absolute atomic E-state index is 0.249. The number of carbonyl (C=O) groups is 1. The lowest BCUT2D eigenvalue weighted by Crippen LogP contribution is -2.15. The maximum absolute atomic E-state index is 12.8. The van der Waals surface area contributed by atoms with E-state index in [0.717, 1.165) is 5.56 Å². The molecule has 0 fully saturated rings. The summed E-state index contributed by atoms with van der Waals surface area (Å²) in [5.74, 6) is -2.10. The molecule has 0 spiro atoms. The van der Waals surface area contributed by atoms with Crippen molar-refractivity contribution >= 4 is 17.6 Å². The number of halogens is 2. The van der Waals surface area contributed by atoms with Crippen LogP contribution >= 0.6 is 11.6 Å². The third-order valence-corrected chi connectivity index (χ3v) is 3.15. The molecule has 0 aliphatic rings. The van der Waals surface area contributed by atoms with Gasteiger partial charge in [0.1, 0.15) is 5.82 Å². The van der Waals surface area contributed by atoms with Crippen molar-refractivity contribution in [2.24, 2.45) is 0 Å². The Kier molecular flexibility index (Phi) is 4.12. The predicted molar refractivity (Wildman–Crippen MR) is 69.7 cm³/mol. The first-order chi connectivity index (χ1) is 9.08. The Morgan fingerprint density at radius 1 is 1.32 bits per heavy atom. The molecule has 1 aromatic carbocycles. The lowest BCUT2D eigenvalue weighted by atomic mass is 9.93. The van der Waals surface area contributed by atoms with Gasteiger partial charge in [0.15, 0.2) is 0 Å². The number of aromatic nitrogens is 1. The van der Waals surface area contributed by atoms with Crippen LogP contribution < -0.4 is 0 Å². The van der Waals surface area contributed by atoms with Gasteiger partial charge in [-0.25, -0.2) is 4.39 Å². The molecular weight excluding hydrogens is 269 g/mol. The van der Waals surface area contributed by atoms with Crippen molar-refractivity contribution in [3.63, 3.8) is 0 Å². The second kappa shape index (κ2) is 5.80. The number of nitrogens with zero attached hydrogens (tertiary/aromatic N) is 1. The van der Waals surface area contributed by atoms with Gasteiger partial charge < -0.3 is 5.11 Å². The standard InChI is InChI=1S/C14H11ClFNO2/c15-13-8-17-6-5-11(13)12(14(18)19)7-9-1-3-10(16)4-2-9/h1-6,8,12H,7H2,(H,18,19). The molecule has 0 amide bonds.